The number of methoxy groups -OCH3 is 2. The molecule has 1 atom stereocenters. The third-order valence-electron chi connectivity index (χ3n) is 5.44. The van der Waals surface area contributed by atoms with Gasteiger partial charge in [0.1, 0.15) is 11.8 Å². The summed E-state index contributed by atoms with van der Waals surface area (Å²) in [7, 11) is 3.07. The summed E-state index contributed by atoms with van der Waals surface area (Å²) in [5.74, 6) is 0.550. The zero-order valence-corrected chi connectivity index (χ0v) is 19.4. The Kier molecular flexibility index (Phi) is 8.51. The Morgan fingerprint density at radius 1 is 1.10 bits per heavy atom. The first kappa shape index (κ1) is 23.3. The van der Waals surface area contributed by atoms with Crippen molar-refractivity contribution in [3.63, 3.8) is 0 Å². The molecule has 2 aromatic rings. The molecule has 1 N–H and O–H groups in total. The van der Waals surface area contributed by atoms with Gasteiger partial charge in [-0.15, -0.1) is 0 Å². The normalized spacial score (nSPS) is 15.3. The highest BCUT2D eigenvalue weighted by Gasteiger charge is 2.32. The summed E-state index contributed by atoms with van der Waals surface area (Å²) < 4.78 is 10.3. The maximum Gasteiger partial charge on any atom is 0.327 e. The quantitative estimate of drug-likeness (QED) is 0.501. The summed E-state index contributed by atoms with van der Waals surface area (Å²) in [5.41, 5.74) is 1.99. The second-order valence-corrected chi connectivity index (χ2v) is 8.09. The molecular formula is C23H28ClN3O3S. The predicted octanol–water partition coefficient (Wildman–Crippen LogP) is 3.30. The molecule has 0 aliphatic carbocycles. The van der Waals surface area contributed by atoms with Gasteiger partial charge in [0.25, 0.3) is 0 Å². The molecule has 0 radical (unpaired) electrons. The molecule has 1 aliphatic heterocycles. The van der Waals surface area contributed by atoms with E-state index in [4.69, 9.17) is 33.3 Å². The van der Waals surface area contributed by atoms with Crippen molar-refractivity contribution in [3.8, 4) is 5.75 Å². The van der Waals surface area contributed by atoms with E-state index in [0.29, 0.717) is 18.1 Å². The van der Waals surface area contributed by atoms with Crippen LogP contribution in [-0.2, 0) is 16.0 Å². The second-order valence-electron chi connectivity index (χ2n) is 7.30. The summed E-state index contributed by atoms with van der Waals surface area (Å²) >= 11 is 11.9. The minimum absolute atomic E-state index is 0.304. The summed E-state index contributed by atoms with van der Waals surface area (Å²) in [4.78, 5) is 16.8. The molecule has 1 aliphatic rings. The first-order valence-corrected chi connectivity index (χ1v) is 11.0. The van der Waals surface area contributed by atoms with Gasteiger partial charge in [-0.3, -0.25) is 4.90 Å². The molecule has 0 bridgehead atoms. The Hall–Kier alpha value is -2.35. The lowest BCUT2D eigenvalue weighted by Gasteiger charge is -2.39. The van der Waals surface area contributed by atoms with Crippen molar-refractivity contribution in [1.29, 1.82) is 0 Å². The van der Waals surface area contributed by atoms with E-state index in [-0.39, 0.29) is 5.97 Å². The van der Waals surface area contributed by atoms with Gasteiger partial charge in [0.2, 0.25) is 0 Å². The molecule has 0 saturated carbocycles. The molecule has 8 heteroatoms. The molecule has 0 aromatic heterocycles. The fraction of sp³-hybridized carbons (Fsp3) is 0.391. The van der Waals surface area contributed by atoms with Crippen molar-refractivity contribution < 1.29 is 14.3 Å². The van der Waals surface area contributed by atoms with Gasteiger partial charge in [-0.2, -0.15) is 0 Å². The predicted molar refractivity (Wildman–Crippen MR) is 127 cm³/mol. The van der Waals surface area contributed by atoms with Gasteiger partial charge >= 0.3 is 5.97 Å². The van der Waals surface area contributed by atoms with E-state index in [9.17, 15) is 4.79 Å². The number of halogens is 1. The number of benzene rings is 2. The standard InChI is InChI=1S/C23H28ClN3O3S/c1-29-18-9-7-17(8-10-18)11-12-25-23(31)27-15-13-26(14-16-27)21(22(28)30-2)19-5-3-4-6-20(19)24/h3-10,21H,11-16H2,1-2H3,(H,25,31). The summed E-state index contributed by atoms with van der Waals surface area (Å²) in [6, 6.07) is 14.9. The summed E-state index contributed by atoms with van der Waals surface area (Å²) in [6.07, 6.45) is 0.876. The highest BCUT2D eigenvalue weighted by atomic mass is 35.5. The Balaban J connectivity index is 1.51. The number of piperazine rings is 1. The molecule has 6 nitrogen and oxygen atoms in total. The van der Waals surface area contributed by atoms with Crippen LogP contribution < -0.4 is 10.1 Å². The monoisotopic (exact) mass is 461 g/mol. The lowest BCUT2D eigenvalue weighted by atomic mass is 10.0. The topological polar surface area (TPSA) is 54.0 Å². The van der Waals surface area contributed by atoms with E-state index < -0.39 is 6.04 Å². The highest BCUT2D eigenvalue weighted by Crippen LogP contribution is 2.29. The molecular weight excluding hydrogens is 434 g/mol. The Morgan fingerprint density at radius 2 is 1.77 bits per heavy atom. The lowest BCUT2D eigenvalue weighted by Crippen LogP contribution is -2.53. The van der Waals surface area contributed by atoms with Crippen LogP contribution in [0.4, 0.5) is 0 Å². The van der Waals surface area contributed by atoms with Gasteiger partial charge in [0, 0.05) is 37.7 Å². The van der Waals surface area contributed by atoms with Crippen LogP contribution in [0.15, 0.2) is 48.5 Å². The van der Waals surface area contributed by atoms with Crippen LogP contribution in [0.25, 0.3) is 0 Å². The highest BCUT2D eigenvalue weighted by molar-refractivity contribution is 7.80. The molecule has 1 unspecified atom stereocenters. The molecule has 1 heterocycles. The number of hydrogen-bond donors (Lipinski definition) is 1. The molecule has 166 valence electrons. The Labute approximate surface area is 194 Å². The molecule has 1 fully saturated rings. The fourth-order valence-electron chi connectivity index (χ4n) is 3.68. The molecule has 0 spiro atoms. The second kappa shape index (κ2) is 11.3. The summed E-state index contributed by atoms with van der Waals surface area (Å²) in [6.45, 7) is 3.59. The van der Waals surface area contributed by atoms with Crippen molar-refractivity contribution in [3.05, 3.63) is 64.7 Å². The SMILES string of the molecule is COC(=O)C(c1ccccc1Cl)N1CCN(C(=S)NCCc2ccc(OC)cc2)CC1. The first-order valence-electron chi connectivity index (χ1n) is 10.3. The molecule has 1 saturated heterocycles. The minimum Gasteiger partial charge on any atom is -0.497 e. The minimum atomic E-state index is -0.516. The number of carbonyl (C=O) groups excluding carboxylic acids is 1. The van der Waals surface area contributed by atoms with Crippen molar-refractivity contribution in [2.45, 2.75) is 12.5 Å². The molecule has 3 rings (SSSR count). The van der Waals surface area contributed by atoms with Crippen LogP contribution >= 0.6 is 23.8 Å². The third-order valence-corrected chi connectivity index (χ3v) is 6.19. The number of thiocarbonyl (C=S) groups is 1. The van der Waals surface area contributed by atoms with Crippen molar-refractivity contribution in [2.24, 2.45) is 0 Å². The van der Waals surface area contributed by atoms with Gasteiger partial charge in [0.05, 0.1) is 14.2 Å². The van der Waals surface area contributed by atoms with Crippen LogP contribution in [0.5, 0.6) is 5.75 Å². The van der Waals surface area contributed by atoms with E-state index in [1.807, 2.05) is 30.3 Å². The zero-order valence-electron chi connectivity index (χ0n) is 17.8. The molecule has 31 heavy (non-hydrogen) atoms. The van der Waals surface area contributed by atoms with Crippen molar-refractivity contribution in [1.82, 2.24) is 15.1 Å². The molecule has 2 aromatic carbocycles. The van der Waals surface area contributed by atoms with Crippen LogP contribution in [-0.4, -0.2) is 67.8 Å². The zero-order chi connectivity index (χ0) is 22.2. The largest absolute Gasteiger partial charge is 0.497 e. The van der Waals surface area contributed by atoms with Gasteiger partial charge in [-0.25, -0.2) is 4.79 Å². The van der Waals surface area contributed by atoms with Crippen LogP contribution in [0.2, 0.25) is 5.02 Å². The maximum atomic E-state index is 12.5. The van der Waals surface area contributed by atoms with E-state index in [0.717, 1.165) is 42.5 Å². The van der Waals surface area contributed by atoms with E-state index in [2.05, 4.69) is 27.2 Å². The number of nitrogens with zero attached hydrogens (tertiary/aromatic N) is 2. The van der Waals surface area contributed by atoms with Gasteiger partial charge in [0.15, 0.2) is 5.11 Å². The third kappa shape index (κ3) is 6.09. The average Bonchev–Trinajstić information content (AvgIpc) is 2.81. The number of hydrogen-bond acceptors (Lipinski definition) is 5. The lowest BCUT2D eigenvalue weighted by molar-refractivity contribution is -0.147. The van der Waals surface area contributed by atoms with Gasteiger partial charge in [-0.1, -0.05) is 41.9 Å². The van der Waals surface area contributed by atoms with Crippen LogP contribution in [0.1, 0.15) is 17.2 Å². The maximum absolute atomic E-state index is 12.5. The first-order chi connectivity index (χ1) is 15.0. The number of carbonyl (C=O) groups is 1. The summed E-state index contributed by atoms with van der Waals surface area (Å²) in [5, 5.41) is 4.65. The van der Waals surface area contributed by atoms with Crippen LogP contribution in [0, 0.1) is 0 Å². The smallest absolute Gasteiger partial charge is 0.327 e. The van der Waals surface area contributed by atoms with Crippen molar-refractivity contribution >= 4 is 34.9 Å². The number of nitrogens with one attached hydrogen (secondary N) is 1. The average molecular weight is 462 g/mol. The number of esters is 1. The molecule has 0 amide bonds. The van der Waals surface area contributed by atoms with E-state index in [1.165, 1.54) is 12.7 Å². The van der Waals surface area contributed by atoms with Crippen molar-refractivity contribution in [2.75, 3.05) is 46.9 Å². The van der Waals surface area contributed by atoms with Crippen LogP contribution in [0.3, 0.4) is 0 Å². The van der Waals surface area contributed by atoms with Gasteiger partial charge in [-0.05, 0) is 48.0 Å². The Bertz CT molecular complexity index is 886. The Morgan fingerprint density at radius 3 is 2.39 bits per heavy atom. The fourth-order valence-corrected chi connectivity index (χ4v) is 4.21. The van der Waals surface area contributed by atoms with Gasteiger partial charge < -0.3 is 19.7 Å². The van der Waals surface area contributed by atoms with E-state index >= 15 is 0 Å². The van der Waals surface area contributed by atoms with E-state index in [1.54, 1.807) is 13.2 Å². The number of rotatable bonds is 7. The number of ether oxygens (including phenoxy) is 2.